The number of carbonyl (C=O) groups excluding carboxylic acids is 1. The van der Waals surface area contributed by atoms with Crippen LogP contribution >= 0.6 is 0 Å². The Morgan fingerprint density at radius 1 is 1.41 bits per heavy atom. The topological polar surface area (TPSA) is 75.7 Å². The van der Waals surface area contributed by atoms with Crippen LogP contribution in [-0.4, -0.2) is 51.9 Å². The third-order valence-corrected chi connectivity index (χ3v) is 4.62. The van der Waals surface area contributed by atoms with Gasteiger partial charge in [-0.3, -0.25) is 4.79 Å². The maximum absolute atomic E-state index is 11.9. The summed E-state index contributed by atoms with van der Waals surface area (Å²) in [5, 5.41) is 0. The van der Waals surface area contributed by atoms with Crippen molar-refractivity contribution in [3.8, 4) is 0 Å². The molecule has 1 N–H and O–H groups in total. The number of hydrogen-bond acceptors (Lipinski definition) is 4. The van der Waals surface area contributed by atoms with Gasteiger partial charge in [-0.25, -0.2) is 0 Å². The largest absolute Gasteiger partial charge is 0.383 e. The quantitative estimate of drug-likeness (QED) is 0.680. The second-order valence-corrected chi connectivity index (χ2v) is 5.99. The van der Waals surface area contributed by atoms with Crippen LogP contribution in [-0.2, 0) is 19.7 Å². The maximum atomic E-state index is 11.9. The van der Waals surface area contributed by atoms with Crippen LogP contribution in [0.4, 0.5) is 0 Å². The van der Waals surface area contributed by atoms with E-state index in [0.29, 0.717) is 32.3 Å². The Balaban J connectivity index is 2.50. The van der Waals surface area contributed by atoms with Crippen molar-refractivity contribution in [2.24, 2.45) is 0 Å². The molecule has 0 unspecified atom stereocenters. The molecule has 1 saturated carbocycles. The molecule has 1 fully saturated rings. The zero-order chi connectivity index (χ0) is 12.9. The Kier molecular flexibility index (Phi) is 5.51. The van der Waals surface area contributed by atoms with Crippen molar-refractivity contribution in [2.45, 2.75) is 31.7 Å². The molecule has 0 saturated heterocycles. The molecule has 0 heterocycles. The van der Waals surface area contributed by atoms with E-state index in [1.54, 1.807) is 7.05 Å². The smallest absolute Gasteiger partial charge is 0.279 e. The average molecular weight is 264 g/mol. The Morgan fingerprint density at radius 3 is 2.53 bits per heavy atom. The van der Waals surface area contributed by atoms with Crippen molar-refractivity contribution >= 4 is 16.0 Å². The number of hydrogen-bond donors (Lipinski definition) is 1. The van der Waals surface area contributed by atoms with Gasteiger partial charge in [0, 0.05) is 39.6 Å². The van der Waals surface area contributed by atoms with Crippen LogP contribution in [0.1, 0.15) is 25.7 Å². The molecule has 0 aromatic heterocycles. The second kappa shape index (κ2) is 6.44. The fourth-order valence-corrected chi connectivity index (χ4v) is 3.01. The zero-order valence-corrected chi connectivity index (χ0v) is 11.1. The highest BCUT2D eigenvalue weighted by molar-refractivity contribution is 7.87. The van der Waals surface area contributed by atoms with E-state index >= 15 is 0 Å². The summed E-state index contributed by atoms with van der Waals surface area (Å²) in [4.78, 5) is 11.1. The van der Waals surface area contributed by atoms with E-state index in [1.165, 1.54) is 11.4 Å². The lowest BCUT2D eigenvalue weighted by atomic mass is 9.95. The molecule has 100 valence electrons. The van der Waals surface area contributed by atoms with Gasteiger partial charge in [0.1, 0.15) is 5.78 Å². The van der Waals surface area contributed by atoms with Crippen molar-refractivity contribution in [1.29, 1.82) is 0 Å². The summed E-state index contributed by atoms with van der Waals surface area (Å²) in [7, 11) is -0.388. The van der Waals surface area contributed by atoms with E-state index in [2.05, 4.69) is 4.72 Å². The van der Waals surface area contributed by atoms with Gasteiger partial charge in [-0.2, -0.15) is 17.4 Å². The number of nitrogens with zero attached hydrogens (tertiary/aromatic N) is 1. The van der Waals surface area contributed by atoms with Crippen LogP contribution in [0.25, 0.3) is 0 Å². The van der Waals surface area contributed by atoms with E-state index in [0.717, 1.165) is 0 Å². The minimum absolute atomic E-state index is 0.0762. The maximum Gasteiger partial charge on any atom is 0.279 e. The highest BCUT2D eigenvalue weighted by Gasteiger charge is 2.29. The van der Waals surface area contributed by atoms with Crippen LogP contribution in [0.15, 0.2) is 0 Å². The molecular weight excluding hydrogens is 244 g/mol. The minimum atomic E-state index is -3.46. The Labute approximate surface area is 102 Å². The lowest BCUT2D eigenvalue weighted by Crippen LogP contribution is -2.46. The molecule has 6 nitrogen and oxygen atoms in total. The highest BCUT2D eigenvalue weighted by atomic mass is 32.2. The number of carbonyl (C=O) groups is 1. The van der Waals surface area contributed by atoms with Crippen molar-refractivity contribution < 1.29 is 17.9 Å². The number of ether oxygens (including phenoxy) is 1. The molecular formula is C10H20N2O4S. The summed E-state index contributed by atoms with van der Waals surface area (Å²) in [5.74, 6) is 0.222. The van der Waals surface area contributed by atoms with E-state index < -0.39 is 10.2 Å². The predicted molar refractivity (Wildman–Crippen MR) is 63.8 cm³/mol. The molecule has 0 aliphatic heterocycles. The van der Waals surface area contributed by atoms with E-state index in [9.17, 15) is 13.2 Å². The Morgan fingerprint density at radius 2 is 2.00 bits per heavy atom. The van der Waals surface area contributed by atoms with Crippen LogP contribution in [0.3, 0.4) is 0 Å². The molecule has 1 aliphatic rings. The fourth-order valence-electron chi connectivity index (χ4n) is 1.86. The van der Waals surface area contributed by atoms with Gasteiger partial charge in [-0.1, -0.05) is 0 Å². The number of Topliss-reactive ketones (excluding diaryl/α,β-unsaturated/α-hetero) is 1. The summed E-state index contributed by atoms with van der Waals surface area (Å²) in [6, 6.07) is -0.0762. The monoisotopic (exact) mass is 264 g/mol. The summed E-state index contributed by atoms with van der Waals surface area (Å²) >= 11 is 0. The van der Waals surface area contributed by atoms with Gasteiger partial charge in [0.15, 0.2) is 0 Å². The first-order valence-electron chi connectivity index (χ1n) is 5.70. The fraction of sp³-hybridized carbons (Fsp3) is 0.900. The molecule has 1 rings (SSSR count). The number of rotatable bonds is 6. The lowest BCUT2D eigenvalue weighted by molar-refractivity contribution is -0.120. The summed E-state index contributed by atoms with van der Waals surface area (Å²) < 4.78 is 32.3. The molecule has 0 amide bonds. The normalized spacial score (nSPS) is 18.9. The first-order valence-corrected chi connectivity index (χ1v) is 7.14. The molecule has 0 radical (unpaired) electrons. The molecule has 0 bridgehead atoms. The minimum Gasteiger partial charge on any atom is -0.383 e. The molecule has 1 aliphatic carbocycles. The summed E-state index contributed by atoms with van der Waals surface area (Å²) in [6.07, 6.45) is 2.17. The van der Waals surface area contributed by atoms with Crippen LogP contribution in [0.5, 0.6) is 0 Å². The second-order valence-electron chi connectivity index (χ2n) is 4.18. The van der Waals surface area contributed by atoms with Crippen molar-refractivity contribution in [3.63, 3.8) is 0 Å². The molecule has 0 spiro atoms. The van der Waals surface area contributed by atoms with E-state index in [4.69, 9.17) is 4.74 Å². The van der Waals surface area contributed by atoms with Crippen molar-refractivity contribution in [1.82, 2.24) is 9.03 Å². The van der Waals surface area contributed by atoms with Gasteiger partial charge in [0.05, 0.1) is 6.61 Å². The van der Waals surface area contributed by atoms with E-state index in [1.807, 2.05) is 0 Å². The zero-order valence-electron chi connectivity index (χ0n) is 10.3. The summed E-state index contributed by atoms with van der Waals surface area (Å²) in [6.45, 7) is 0.602. The molecule has 7 heteroatoms. The van der Waals surface area contributed by atoms with Gasteiger partial charge in [0.2, 0.25) is 0 Å². The van der Waals surface area contributed by atoms with Gasteiger partial charge in [-0.05, 0) is 12.8 Å². The Bertz CT molecular complexity index is 345. The molecule has 0 aromatic carbocycles. The number of nitrogens with one attached hydrogen (secondary N) is 1. The van der Waals surface area contributed by atoms with E-state index in [-0.39, 0.29) is 18.4 Å². The van der Waals surface area contributed by atoms with Gasteiger partial charge in [0.25, 0.3) is 10.2 Å². The average Bonchev–Trinajstić information content (AvgIpc) is 2.29. The van der Waals surface area contributed by atoms with Crippen LogP contribution < -0.4 is 4.72 Å². The number of ketones is 1. The predicted octanol–water partition coefficient (Wildman–Crippen LogP) is -0.0893. The standard InChI is InChI=1S/C10H20N2O4S/c1-12(9-3-5-10(13)6-4-9)17(14,15)11-7-8-16-2/h9,11H,3-8H2,1-2H3. The van der Waals surface area contributed by atoms with Crippen LogP contribution in [0, 0.1) is 0 Å². The SMILES string of the molecule is COCCNS(=O)(=O)N(C)C1CCC(=O)CC1. The third kappa shape index (κ3) is 4.34. The van der Waals surface area contributed by atoms with Gasteiger partial charge >= 0.3 is 0 Å². The molecule has 17 heavy (non-hydrogen) atoms. The molecule has 0 aromatic rings. The van der Waals surface area contributed by atoms with Crippen molar-refractivity contribution in [3.05, 3.63) is 0 Å². The van der Waals surface area contributed by atoms with Gasteiger partial charge in [-0.15, -0.1) is 0 Å². The molecule has 0 atom stereocenters. The van der Waals surface area contributed by atoms with Crippen molar-refractivity contribution in [2.75, 3.05) is 27.3 Å². The Hall–Kier alpha value is -0.500. The summed E-state index contributed by atoms with van der Waals surface area (Å²) in [5.41, 5.74) is 0. The lowest BCUT2D eigenvalue weighted by Gasteiger charge is -2.29. The van der Waals surface area contributed by atoms with Gasteiger partial charge < -0.3 is 4.74 Å². The highest BCUT2D eigenvalue weighted by Crippen LogP contribution is 2.20. The number of methoxy groups -OCH3 is 1. The first-order chi connectivity index (χ1) is 7.97. The first kappa shape index (κ1) is 14.6. The van der Waals surface area contributed by atoms with Crippen LogP contribution in [0.2, 0.25) is 0 Å². The third-order valence-electron chi connectivity index (χ3n) is 3.00.